The van der Waals surface area contributed by atoms with E-state index >= 15 is 0 Å². The fraction of sp³-hybridized carbons (Fsp3) is 0.0714. The summed E-state index contributed by atoms with van der Waals surface area (Å²) in [6.45, 7) is 2.85. The van der Waals surface area contributed by atoms with Crippen LogP contribution >= 0.6 is 0 Å². The minimum absolute atomic E-state index is 0. The number of fused-ring (bicyclic) bond motifs is 2. The van der Waals surface area contributed by atoms with Crippen LogP contribution in [-0.2, 0) is 24.9 Å². The molecule has 0 amide bonds. The molecule has 0 fully saturated rings. The summed E-state index contributed by atoms with van der Waals surface area (Å²) in [7, 11) is 0. The number of pyridine rings is 1. The monoisotopic (exact) mass is 690 g/mol. The van der Waals surface area contributed by atoms with Gasteiger partial charge in [0, 0.05) is 26.2 Å². The number of aliphatic hydroxyl groups excluding tert-OH is 1. The van der Waals surface area contributed by atoms with E-state index in [4.69, 9.17) is 10.1 Å². The van der Waals surface area contributed by atoms with E-state index in [9.17, 15) is 4.79 Å². The Morgan fingerprint density at radius 2 is 1.68 bits per heavy atom. The number of hydrogen-bond donors (Lipinski definition) is 1. The molecule has 3 aromatic carbocycles. The Balaban J connectivity index is 0.000000303. The maximum absolute atomic E-state index is 10.0. The van der Waals surface area contributed by atoms with Crippen molar-refractivity contribution in [2.75, 3.05) is 0 Å². The standard InChI is InChI=1S/C23H13N2Se.C5H8O2.Ir/c1-2-7-15(8-3-1)25-17-10-5-13-20-22(17)21-16(9-4-12-19(21)26-20)23-18(25)11-6-14-24-23;1-4(6)3-5(2)7;/h1-8,10-14H;3,6H,1-2H3;/q-1;;/b;4-3-;. The molecule has 6 aromatic rings. The zero-order valence-corrected chi connectivity index (χ0v) is 22.7. The van der Waals surface area contributed by atoms with Gasteiger partial charge >= 0.3 is 156 Å². The molecule has 0 spiro atoms. The maximum atomic E-state index is 10.0. The Labute approximate surface area is 216 Å². The first-order valence-electron chi connectivity index (χ1n) is 10.6. The number of hydrogen-bond acceptors (Lipinski definition) is 3. The van der Waals surface area contributed by atoms with E-state index in [0.29, 0.717) is 14.5 Å². The number of para-hydroxylation sites is 1. The number of rotatable bonds is 2. The predicted octanol–water partition coefficient (Wildman–Crippen LogP) is 6.38. The third-order valence-corrected chi connectivity index (χ3v) is 7.71. The molecule has 0 saturated carbocycles. The van der Waals surface area contributed by atoms with E-state index in [2.05, 4.69) is 77.4 Å². The summed E-state index contributed by atoms with van der Waals surface area (Å²) in [5, 5.41) is 12.2. The molecule has 0 atom stereocenters. The molecule has 0 aliphatic heterocycles. The first-order chi connectivity index (χ1) is 16.0. The number of aromatic nitrogens is 2. The average Bonchev–Trinajstić information content (AvgIpc) is 3.13. The van der Waals surface area contributed by atoms with Crippen LogP contribution in [0.25, 0.3) is 46.9 Å². The van der Waals surface area contributed by atoms with E-state index in [-0.39, 0.29) is 31.6 Å². The second-order valence-corrected chi connectivity index (χ2v) is 10.1. The van der Waals surface area contributed by atoms with Crippen molar-refractivity contribution in [3.05, 3.63) is 96.9 Å². The Bertz CT molecular complexity index is 1660. The number of nitrogens with zero attached hydrogens (tertiary/aromatic N) is 2. The van der Waals surface area contributed by atoms with Crippen molar-refractivity contribution < 1.29 is 30.0 Å². The summed E-state index contributed by atoms with van der Waals surface area (Å²) >= 11 is 0.333. The fourth-order valence-electron chi connectivity index (χ4n) is 4.21. The van der Waals surface area contributed by atoms with Crippen LogP contribution in [0, 0.1) is 6.07 Å². The summed E-state index contributed by atoms with van der Waals surface area (Å²) in [5.41, 5.74) is 4.51. The van der Waals surface area contributed by atoms with Gasteiger partial charge in [-0.15, -0.1) is 0 Å². The topological polar surface area (TPSA) is 55.1 Å². The molecule has 0 aliphatic carbocycles. The molecule has 1 N–H and O–H groups in total. The first-order valence-corrected chi connectivity index (χ1v) is 12.3. The molecule has 3 aromatic heterocycles. The summed E-state index contributed by atoms with van der Waals surface area (Å²) in [6, 6.07) is 29.2. The van der Waals surface area contributed by atoms with E-state index in [1.165, 1.54) is 44.7 Å². The van der Waals surface area contributed by atoms with Crippen LogP contribution in [0.1, 0.15) is 13.8 Å². The number of ketones is 1. The van der Waals surface area contributed by atoms with Gasteiger partial charge in [0.05, 0.1) is 5.76 Å². The van der Waals surface area contributed by atoms with Crippen molar-refractivity contribution in [1.82, 2.24) is 9.55 Å². The van der Waals surface area contributed by atoms with E-state index < -0.39 is 0 Å². The van der Waals surface area contributed by atoms with Crippen LogP contribution in [0.4, 0.5) is 0 Å². The zero-order valence-electron chi connectivity index (χ0n) is 18.6. The Morgan fingerprint density at radius 3 is 2.38 bits per heavy atom. The van der Waals surface area contributed by atoms with Crippen molar-refractivity contribution in [2.24, 2.45) is 0 Å². The number of benzene rings is 3. The van der Waals surface area contributed by atoms with E-state index in [0.717, 1.165) is 22.1 Å². The van der Waals surface area contributed by atoms with Gasteiger partial charge in [0.25, 0.3) is 0 Å². The van der Waals surface area contributed by atoms with Crippen molar-refractivity contribution in [2.45, 2.75) is 13.8 Å². The molecule has 6 rings (SSSR count). The third-order valence-electron chi connectivity index (χ3n) is 5.36. The molecule has 34 heavy (non-hydrogen) atoms. The molecule has 0 bridgehead atoms. The van der Waals surface area contributed by atoms with Gasteiger partial charge in [-0.2, -0.15) is 0 Å². The SMILES string of the molecule is CC(=O)/C=C(/C)O.[Ir].[c-]1ccc2[se]c3cccc4c3c2c1c1ncccc1n4-c1ccccc1. The second kappa shape index (κ2) is 10.1. The second-order valence-electron chi connectivity index (χ2n) is 7.78. The van der Waals surface area contributed by atoms with Crippen LogP contribution in [-0.4, -0.2) is 34.9 Å². The fourth-order valence-corrected chi connectivity index (χ4v) is 6.59. The summed E-state index contributed by atoms with van der Waals surface area (Å²) < 4.78 is 5.22. The molecule has 0 aliphatic rings. The summed E-state index contributed by atoms with van der Waals surface area (Å²) in [5.74, 6) is -0.0625. The molecule has 171 valence electrons. The number of carbonyl (C=O) groups excluding carboxylic acids is 1. The van der Waals surface area contributed by atoms with Gasteiger partial charge in [0.2, 0.25) is 0 Å². The van der Waals surface area contributed by atoms with E-state index in [1.54, 1.807) is 0 Å². The van der Waals surface area contributed by atoms with Crippen molar-refractivity contribution in [1.29, 1.82) is 0 Å². The predicted molar refractivity (Wildman–Crippen MR) is 136 cm³/mol. The Morgan fingerprint density at radius 1 is 0.941 bits per heavy atom. The first kappa shape index (κ1) is 24.1. The van der Waals surface area contributed by atoms with Gasteiger partial charge in [-0.25, -0.2) is 0 Å². The number of aliphatic hydroxyl groups is 1. The molecule has 0 unspecified atom stereocenters. The molecule has 3 heterocycles. The van der Waals surface area contributed by atoms with Crippen LogP contribution in [0.15, 0.2) is 90.8 Å². The minimum atomic E-state index is -0.125. The molecule has 6 heteroatoms. The van der Waals surface area contributed by atoms with Crippen LogP contribution in [0.5, 0.6) is 0 Å². The molecular formula is C28H21IrN2O2Se-. The molecule has 0 saturated heterocycles. The molecule has 1 radical (unpaired) electrons. The zero-order chi connectivity index (χ0) is 22.9. The molecule has 4 nitrogen and oxygen atoms in total. The van der Waals surface area contributed by atoms with Gasteiger partial charge in [0.1, 0.15) is 0 Å². The van der Waals surface area contributed by atoms with Gasteiger partial charge in [0.15, 0.2) is 5.78 Å². The van der Waals surface area contributed by atoms with Crippen molar-refractivity contribution in [3.63, 3.8) is 0 Å². The van der Waals surface area contributed by atoms with E-state index in [1.807, 2.05) is 12.3 Å². The van der Waals surface area contributed by atoms with Crippen molar-refractivity contribution in [3.8, 4) is 5.69 Å². The number of carbonyl (C=O) groups is 1. The van der Waals surface area contributed by atoms with Crippen LogP contribution in [0.2, 0.25) is 0 Å². The average molecular weight is 689 g/mol. The quantitative estimate of drug-likeness (QED) is 0.0996. The van der Waals surface area contributed by atoms with Gasteiger partial charge in [-0.1, -0.05) is 0 Å². The normalized spacial score (nSPS) is 11.4. The summed E-state index contributed by atoms with van der Waals surface area (Å²) in [4.78, 5) is 14.8. The Kier molecular flexibility index (Phi) is 7.16. The van der Waals surface area contributed by atoms with Crippen LogP contribution in [0.3, 0.4) is 0 Å². The van der Waals surface area contributed by atoms with Gasteiger partial charge in [-0.3, -0.25) is 4.79 Å². The molecular weight excluding hydrogens is 667 g/mol. The Hall–Kier alpha value is -3.01. The van der Waals surface area contributed by atoms with Gasteiger partial charge < -0.3 is 5.11 Å². The number of allylic oxidation sites excluding steroid dienone is 2. The van der Waals surface area contributed by atoms with Crippen LogP contribution < -0.4 is 0 Å². The summed E-state index contributed by atoms with van der Waals surface area (Å²) in [6.07, 6.45) is 3.05. The van der Waals surface area contributed by atoms with Gasteiger partial charge in [-0.05, 0) is 13.8 Å². The third kappa shape index (κ3) is 4.38. The van der Waals surface area contributed by atoms with Crippen molar-refractivity contribution >= 4 is 61.5 Å².